The maximum absolute atomic E-state index is 12.9. The van der Waals surface area contributed by atoms with Gasteiger partial charge in [-0.1, -0.05) is 50.2 Å². The van der Waals surface area contributed by atoms with E-state index in [1.807, 2.05) is 68.6 Å². The molecule has 5 heteroatoms. The van der Waals surface area contributed by atoms with Crippen molar-refractivity contribution < 1.29 is 9.59 Å². The zero-order chi connectivity index (χ0) is 18.2. The van der Waals surface area contributed by atoms with E-state index < -0.39 is 6.04 Å². The summed E-state index contributed by atoms with van der Waals surface area (Å²) in [7, 11) is 0. The molecule has 2 amide bonds. The maximum atomic E-state index is 12.9. The smallest absolute Gasteiger partial charge is 0.245 e. The van der Waals surface area contributed by atoms with E-state index in [-0.39, 0.29) is 24.2 Å². The minimum Gasteiger partial charge on any atom is -0.344 e. The Morgan fingerprint density at radius 1 is 1.12 bits per heavy atom. The van der Waals surface area contributed by atoms with Gasteiger partial charge in [0.2, 0.25) is 11.8 Å². The van der Waals surface area contributed by atoms with E-state index >= 15 is 0 Å². The first kappa shape index (κ1) is 19.2. The number of hydrogen-bond donors (Lipinski definition) is 1. The summed E-state index contributed by atoms with van der Waals surface area (Å²) in [6.45, 7) is 7.10. The van der Waals surface area contributed by atoms with Crippen molar-refractivity contribution in [1.82, 2.24) is 10.2 Å². The lowest BCUT2D eigenvalue weighted by atomic mass is 10.0. The molecule has 25 heavy (non-hydrogen) atoms. The lowest BCUT2D eigenvalue weighted by Crippen LogP contribution is -2.51. The molecule has 0 aliphatic carbocycles. The Labute approximate surface area is 153 Å². The highest BCUT2D eigenvalue weighted by molar-refractivity contribution is 7.09. The number of benzene rings is 1. The number of amides is 2. The molecule has 1 atom stereocenters. The molecule has 1 aromatic carbocycles. The van der Waals surface area contributed by atoms with Gasteiger partial charge in [-0.25, -0.2) is 0 Å². The summed E-state index contributed by atoms with van der Waals surface area (Å²) >= 11 is 1.64. The highest BCUT2D eigenvalue weighted by Crippen LogP contribution is 2.15. The Kier molecular flexibility index (Phi) is 7.19. The van der Waals surface area contributed by atoms with Crippen LogP contribution in [0.15, 0.2) is 47.8 Å². The van der Waals surface area contributed by atoms with Crippen molar-refractivity contribution in [1.29, 1.82) is 0 Å². The van der Waals surface area contributed by atoms with Gasteiger partial charge in [-0.3, -0.25) is 9.59 Å². The molecule has 1 unspecified atom stereocenters. The molecular formula is C20H26N2O2S. The lowest BCUT2D eigenvalue weighted by molar-refractivity contribution is -0.137. The van der Waals surface area contributed by atoms with Crippen molar-refractivity contribution >= 4 is 23.2 Å². The summed E-state index contributed by atoms with van der Waals surface area (Å²) in [6.07, 6.45) is 0.286. The first-order valence-corrected chi connectivity index (χ1v) is 9.53. The van der Waals surface area contributed by atoms with Crippen molar-refractivity contribution in [2.24, 2.45) is 5.92 Å². The third-order valence-corrected chi connectivity index (χ3v) is 4.94. The number of nitrogens with one attached hydrogen (secondary N) is 1. The normalized spacial score (nSPS) is 12.0. The van der Waals surface area contributed by atoms with Gasteiger partial charge in [0.05, 0.1) is 13.0 Å². The molecule has 1 heterocycles. The van der Waals surface area contributed by atoms with Crippen molar-refractivity contribution in [3.8, 4) is 0 Å². The van der Waals surface area contributed by atoms with Crippen molar-refractivity contribution in [2.45, 2.75) is 39.8 Å². The number of nitrogens with zero attached hydrogens (tertiary/aromatic N) is 1. The molecule has 2 rings (SSSR count). The second-order valence-electron chi connectivity index (χ2n) is 6.38. The molecule has 134 valence electrons. The first-order valence-electron chi connectivity index (χ1n) is 8.65. The van der Waals surface area contributed by atoms with Crippen molar-refractivity contribution in [3.05, 3.63) is 58.3 Å². The highest BCUT2D eigenvalue weighted by Gasteiger charge is 2.28. The number of rotatable bonds is 8. The van der Waals surface area contributed by atoms with Crippen LogP contribution in [0.3, 0.4) is 0 Å². The van der Waals surface area contributed by atoms with Crippen LogP contribution < -0.4 is 5.32 Å². The molecule has 0 fully saturated rings. The molecule has 0 radical (unpaired) electrons. The second kappa shape index (κ2) is 9.37. The van der Waals surface area contributed by atoms with E-state index in [0.717, 1.165) is 10.4 Å². The summed E-state index contributed by atoms with van der Waals surface area (Å²) in [5.41, 5.74) is 0.945. The molecular weight excluding hydrogens is 332 g/mol. The second-order valence-corrected chi connectivity index (χ2v) is 7.42. The minimum absolute atomic E-state index is 0.0210. The summed E-state index contributed by atoms with van der Waals surface area (Å²) in [4.78, 5) is 28.3. The number of carbonyl (C=O) groups is 2. The van der Waals surface area contributed by atoms with Gasteiger partial charge in [0.15, 0.2) is 0 Å². The quantitative estimate of drug-likeness (QED) is 0.785. The van der Waals surface area contributed by atoms with Crippen LogP contribution in [0.4, 0.5) is 0 Å². The van der Waals surface area contributed by atoms with Gasteiger partial charge in [0, 0.05) is 11.4 Å². The van der Waals surface area contributed by atoms with Crippen molar-refractivity contribution in [2.75, 3.05) is 6.54 Å². The zero-order valence-electron chi connectivity index (χ0n) is 15.1. The first-order chi connectivity index (χ1) is 12.0. The molecule has 0 aliphatic rings. The lowest BCUT2D eigenvalue weighted by Gasteiger charge is -2.29. The molecule has 0 saturated carbocycles. The van der Waals surface area contributed by atoms with Crippen LogP contribution in [0.2, 0.25) is 0 Å². The van der Waals surface area contributed by atoms with Crippen LogP contribution >= 0.6 is 11.3 Å². The third kappa shape index (κ3) is 5.71. The van der Waals surface area contributed by atoms with Crippen molar-refractivity contribution in [3.63, 3.8) is 0 Å². The molecule has 0 spiro atoms. The van der Waals surface area contributed by atoms with Gasteiger partial charge in [-0.15, -0.1) is 11.3 Å². The van der Waals surface area contributed by atoms with Gasteiger partial charge in [0.1, 0.15) is 6.04 Å². The Balaban J connectivity index is 2.02. The van der Waals surface area contributed by atoms with Gasteiger partial charge in [-0.2, -0.15) is 0 Å². The predicted molar refractivity (Wildman–Crippen MR) is 102 cm³/mol. The molecule has 2 aromatic rings. The third-order valence-electron chi connectivity index (χ3n) is 4.08. The van der Waals surface area contributed by atoms with Crippen LogP contribution in [0, 0.1) is 5.92 Å². The number of likely N-dealkylation sites (N-methyl/N-ethyl adjacent to an activating group) is 1. The average Bonchev–Trinajstić information content (AvgIpc) is 3.11. The maximum Gasteiger partial charge on any atom is 0.245 e. The standard InChI is InChI=1S/C20H26N2O2S/c1-4-22(14-17-11-8-12-25-17)20(24)19(15(2)3)21-18(23)13-16-9-6-5-7-10-16/h5-12,15,19H,4,13-14H2,1-3H3,(H,21,23). The van der Waals surface area contributed by atoms with E-state index in [4.69, 9.17) is 0 Å². The highest BCUT2D eigenvalue weighted by atomic mass is 32.1. The molecule has 4 nitrogen and oxygen atoms in total. The SMILES string of the molecule is CCN(Cc1cccs1)C(=O)C(NC(=O)Cc1ccccc1)C(C)C. The fourth-order valence-corrected chi connectivity index (χ4v) is 3.37. The van der Waals surface area contributed by atoms with E-state index in [0.29, 0.717) is 13.1 Å². The molecule has 0 bridgehead atoms. The van der Waals surface area contributed by atoms with Crippen LogP contribution in [-0.2, 0) is 22.6 Å². The fraction of sp³-hybridized carbons (Fsp3) is 0.400. The van der Waals surface area contributed by atoms with E-state index in [1.165, 1.54) is 0 Å². The molecule has 0 aliphatic heterocycles. The summed E-state index contributed by atoms with van der Waals surface area (Å²) in [5, 5.41) is 4.94. The van der Waals surface area contributed by atoms with E-state index in [9.17, 15) is 9.59 Å². The molecule has 1 aromatic heterocycles. The summed E-state index contributed by atoms with van der Waals surface area (Å²) in [5.74, 6) is -0.109. The van der Waals surface area contributed by atoms with Crippen LogP contribution in [0.25, 0.3) is 0 Å². The predicted octanol–water partition coefficient (Wildman–Crippen LogP) is 3.48. The zero-order valence-corrected chi connectivity index (χ0v) is 15.9. The Morgan fingerprint density at radius 2 is 1.84 bits per heavy atom. The largest absolute Gasteiger partial charge is 0.344 e. The number of carbonyl (C=O) groups excluding carboxylic acids is 2. The van der Waals surface area contributed by atoms with Gasteiger partial charge >= 0.3 is 0 Å². The Hall–Kier alpha value is -2.14. The van der Waals surface area contributed by atoms with Gasteiger partial charge < -0.3 is 10.2 Å². The molecule has 0 saturated heterocycles. The molecule has 1 N–H and O–H groups in total. The topological polar surface area (TPSA) is 49.4 Å². The summed E-state index contributed by atoms with van der Waals surface area (Å²) in [6, 6.07) is 13.1. The number of thiophene rings is 1. The Morgan fingerprint density at radius 3 is 2.40 bits per heavy atom. The van der Waals surface area contributed by atoms with E-state index in [2.05, 4.69) is 5.32 Å². The monoisotopic (exact) mass is 358 g/mol. The fourth-order valence-electron chi connectivity index (χ4n) is 2.65. The number of hydrogen-bond acceptors (Lipinski definition) is 3. The van der Waals surface area contributed by atoms with Gasteiger partial charge in [-0.05, 0) is 29.9 Å². The summed E-state index contributed by atoms with van der Waals surface area (Å²) < 4.78 is 0. The minimum atomic E-state index is -0.504. The average molecular weight is 359 g/mol. The van der Waals surface area contributed by atoms with Crippen LogP contribution in [-0.4, -0.2) is 29.3 Å². The Bertz CT molecular complexity index is 668. The van der Waals surface area contributed by atoms with Crippen LogP contribution in [0.5, 0.6) is 0 Å². The van der Waals surface area contributed by atoms with Crippen LogP contribution in [0.1, 0.15) is 31.2 Å². The van der Waals surface area contributed by atoms with E-state index in [1.54, 1.807) is 16.2 Å². The van der Waals surface area contributed by atoms with Gasteiger partial charge in [0.25, 0.3) is 0 Å².